The lowest BCUT2D eigenvalue weighted by Gasteiger charge is -2.29. The first kappa shape index (κ1) is 16.3. The van der Waals surface area contributed by atoms with Crippen molar-refractivity contribution in [3.8, 4) is 0 Å². The van der Waals surface area contributed by atoms with E-state index >= 15 is 0 Å². The molecule has 26 heavy (non-hydrogen) atoms. The van der Waals surface area contributed by atoms with Crippen molar-refractivity contribution in [3.05, 3.63) is 46.3 Å². The molecule has 1 saturated carbocycles. The number of aryl methyl sites for hydroxylation is 1. The third-order valence-corrected chi connectivity index (χ3v) is 7.60. The molecule has 0 saturated heterocycles. The van der Waals surface area contributed by atoms with E-state index in [0.29, 0.717) is 6.04 Å². The number of benzene rings is 1. The molecule has 1 fully saturated rings. The molecule has 1 aromatic carbocycles. The average Bonchev–Trinajstić information content (AvgIpc) is 3.05. The Labute approximate surface area is 161 Å². The molecule has 0 bridgehead atoms. The fourth-order valence-electron chi connectivity index (χ4n) is 3.89. The summed E-state index contributed by atoms with van der Waals surface area (Å²) in [5.41, 5.74) is 2.75. The van der Waals surface area contributed by atoms with Gasteiger partial charge in [-0.2, -0.15) is 0 Å². The molecule has 5 rings (SSSR count). The highest BCUT2D eigenvalue weighted by Gasteiger charge is 2.41. The lowest BCUT2D eigenvalue weighted by atomic mass is 10.1. The molecule has 2 aromatic heterocycles. The van der Waals surface area contributed by atoms with E-state index in [-0.39, 0.29) is 11.9 Å². The van der Waals surface area contributed by atoms with Gasteiger partial charge in [0.2, 0.25) is 0 Å². The molecule has 2 aliphatic carbocycles. The van der Waals surface area contributed by atoms with Gasteiger partial charge in [0.1, 0.15) is 4.83 Å². The molecular formula is C20H21N3OS2. The van der Waals surface area contributed by atoms with Crippen molar-refractivity contribution in [3.63, 3.8) is 0 Å². The van der Waals surface area contributed by atoms with Crippen molar-refractivity contribution in [2.24, 2.45) is 0 Å². The van der Waals surface area contributed by atoms with Crippen LogP contribution in [0.25, 0.3) is 9.53 Å². The molecule has 2 aliphatic rings. The van der Waals surface area contributed by atoms with Gasteiger partial charge in [0, 0.05) is 20.1 Å². The summed E-state index contributed by atoms with van der Waals surface area (Å²) in [7, 11) is 4.00. The molecule has 1 atom stereocenters. The number of hydrogen-bond acceptors (Lipinski definition) is 5. The lowest BCUT2D eigenvalue weighted by Crippen LogP contribution is -2.35. The number of thiazole rings is 1. The average molecular weight is 384 g/mol. The molecule has 134 valence electrons. The second-order valence-corrected chi connectivity index (χ2v) is 9.41. The molecule has 6 heteroatoms. The maximum Gasteiger partial charge on any atom is 0.264 e. The Morgan fingerprint density at radius 2 is 1.96 bits per heavy atom. The maximum absolute atomic E-state index is 13.4. The number of carbonyl (C=O) groups is 1. The van der Waals surface area contributed by atoms with Gasteiger partial charge in [-0.25, -0.2) is 4.98 Å². The van der Waals surface area contributed by atoms with E-state index in [1.807, 2.05) is 25.1 Å². The van der Waals surface area contributed by atoms with E-state index in [1.165, 1.54) is 22.5 Å². The zero-order valence-corrected chi connectivity index (χ0v) is 16.6. The highest BCUT2D eigenvalue weighted by Crippen LogP contribution is 2.44. The first-order chi connectivity index (χ1) is 12.6. The monoisotopic (exact) mass is 383 g/mol. The van der Waals surface area contributed by atoms with Crippen LogP contribution in [0.15, 0.2) is 30.3 Å². The van der Waals surface area contributed by atoms with Crippen LogP contribution in [0.2, 0.25) is 0 Å². The van der Waals surface area contributed by atoms with Gasteiger partial charge < -0.3 is 9.80 Å². The van der Waals surface area contributed by atoms with Gasteiger partial charge in [0.15, 0.2) is 5.13 Å². The summed E-state index contributed by atoms with van der Waals surface area (Å²) in [6.07, 6.45) is 4.38. The molecule has 2 heterocycles. The predicted molar refractivity (Wildman–Crippen MR) is 109 cm³/mol. The summed E-state index contributed by atoms with van der Waals surface area (Å²) in [4.78, 5) is 24.1. The van der Waals surface area contributed by atoms with Crippen LogP contribution in [0.5, 0.6) is 0 Å². The Kier molecular flexibility index (Phi) is 3.79. The van der Waals surface area contributed by atoms with Crippen LogP contribution in [-0.4, -0.2) is 35.9 Å². The van der Waals surface area contributed by atoms with Gasteiger partial charge in [-0.05, 0) is 42.9 Å². The largest absolute Gasteiger partial charge is 0.354 e. The summed E-state index contributed by atoms with van der Waals surface area (Å²) in [5.74, 6) is 0.191. The third kappa shape index (κ3) is 2.63. The molecular weight excluding hydrogens is 362 g/mol. The molecule has 4 nitrogen and oxygen atoms in total. The van der Waals surface area contributed by atoms with E-state index in [0.717, 1.165) is 45.2 Å². The van der Waals surface area contributed by atoms with Gasteiger partial charge >= 0.3 is 0 Å². The van der Waals surface area contributed by atoms with Gasteiger partial charge in [-0.1, -0.05) is 35.6 Å². The van der Waals surface area contributed by atoms with Crippen molar-refractivity contribution in [1.82, 2.24) is 9.88 Å². The number of nitrogens with zero attached hydrogens (tertiary/aromatic N) is 3. The van der Waals surface area contributed by atoms with Crippen LogP contribution in [0.3, 0.4) is 0 Å². The van der Waals surface area contributed by atoms with E-state index < -0.39 is 0 Å². The molecule has 3 aromatic rings. The van der Waals surface area contributed by atoms with E-state index in [1.54, 1.807) is 11.3 Å². The Bertz CT molecular complexity index is 955. The molecule has 1 unspecified atom stereocenters. The smallest absolute Gasteiger partial charge is 0.264 e. The minimum atomic E-state index is 0.191. The van der Waals surface area contributed by atoms with Gasteiger partial charge in [-0.15, -0.1) is 11.3 Å². The first-order valence-electron chi connectivity index (χ1n) is 9.10. The van der Waals surface area contributed by atoms with Crippen LogP contribution in [-0.2, 0) is 6.42 Å². The Morgan fingerprint density at radius 3 is 2.69 bits per heavy atom. The number of carbonyl (C=O) groups excluding carboxylic acids is 1. The summed E-state index contributed by atoms with van der Waals surface area (Å²) >= 11 is 3.19. The highest BCUT2D eigenvalue weighted by molar-refractivity contribution is 7.29. The zero-order chi connectivity index (χ0) is 17.8. The fraction of sp³-hybridized carbons (Fsp3) is 0.400. The van der Waals surface area contributed by atoms with Crippen molar-refractivity contribution in [2.75, 3.05) is 19.0 Å². The molecule has 0 N–H and O–H groups in total. The number of fused-ring (bicyclic) bond motifs is 2. The Hall–Kier alpha value is -1.92. The van der Waals surface area contributed by atoms with Gasteiger partial charge in [0.25, 0.3) is 5.91 Å². The summed E-state index contributed by atoms with van der Waals surface area (Å²) < 4.78 is 1.12. The Morgan fingerprint density at radius 1 is 1.15 bits per heavy atom. The highest BCUT2D eigenvalue weighted by atomic mass is 32.1. The summed E-state index contributed by atoms with van der Waals surface area (Å²) in [5, 5.41) is 0.994. The van der Waals surface area contributed by atoms with E-state index in [2.05, 4.69) is 34.1 Å². The minimum absolute atomic E-state index is 0.191. The quantitative estimate of drug-likeness (QED) is 0.654. The van der Waals surface area contributed by atoms with Crippen LogP contribution >= 0.6 is 22.7 Å². The van der Waals surface area contributed by atoms with E-state index in [4.69, 9.17) is 0 Å². The molecule has 1 amide bonds. The third-order valence-electron chi connectivity index (χ3n) is 5.28. The number of rotatable bonds is 4. The zero-order valence-electron chi connectivity index (χ0n) is 14.9. The number of hydrogen-bond donors (Lipinski definition) is 0. The Balaban J connectivity index is 1.48. The van der Waals surface area contributed by atoms with E-state index in [9.17, 15) is 4.79 Å². The lowest BCUT2D eigenvalue weighted by molar-refractivity contribution is 0.0663. The maximum atomic E-state index is 13.4. The van der Waals surface area contributed by atoms with Crippen LogP contribution < -0.4 is 4.90 Å². The number of thiophene rings is 1. The topological polar surface area (TPSA) is 36.4 Å². The second kappa shape index (κ2) is 6.06. The van der Waals surface area contributed by atoms with Gasteiger partial charge in [0.05, 0.1) is 15.6 Å². The van der Waals surface area contributed by atoms with Crippen molar-refractivity contribution < 1.29 is 4.79 Å². The second-order valence-electron chi connectivity index (χ2n) is 7.37. The summed E-state index contributed by atoms with van der Waals surface area (Å²) in [6.45, 7) is 0. The van der Waals surface area contributed by atoms with Crippen LogP contribution in [0.1, 0.15) is 46.1 Å². The number of anilines is 1. The molecule has 0 aliphatic heterocycles. The van der Waals surface area contributed by atoms with Crippen LogP contribution in [0.4, 0.5) is 5.13 Å². The first-order valence-corrected chi connectivity index (χ1v) is 10.7. The van der Waals surface area contributed by atoms with Crippen molar-refractivity contribution >= 4 is 43.2 Å². The number of amides is 1. The minimum Gasteiger partial charge on any atom is -0.354 e. The molecule has 0 radical (unpaired) electrons. The van der Waals surface area contributed by atoms with Gasteiger partial charge in [-0.3, -0.25) is 4.79 Å². The van der Waals surface area contributed by atoms with Crippen molar-refractivity contribution in [1.29, 1.82) is 0 Å². The van der Waals surface area contributed by atoms with Crippen LogP contribution in [0, 0.1) is 0 Å². The fourth-order valence-corrected chi connectivity index (χ4v) is 5.96. The normalized spacial score (nSPS) is 18.9. The molecule has 0 spiro atoms. The standard InChI is InChI=1S/C20H21N3OS2/c1-22(2)20-21-18-16(26-20)11-17(25-18)19(24)23(13-8-9-13)15-10-7-12-5-3-4-6-14(12)15/h3-6,11,13,15H,7-10H2,1-2H3. The SMILES string of the molecule is CN(C)c1nc2sc(C(=O)N(C3CC3)C3CCc4ccccc43)cc2s1. The number of aromatic nitrogens is 1. The predicted octanol–water partition coefficient (Wildman–Crippen LogP) is 4.72. The van der Waals surface area contributed by atoms with Crippen molar-refractivity contribution in [2.45, 2.75) is 37.8 Å². The summed E-state index contributed by atoms with van der Waals surface area (Å²) in [6, 6.07) is 11.3.